The Morgan fingerprint density at radius 3 is 2.74 bits per heavy atom. The molecule has 0 saturated carbocycles. The summed E-state index contributed by atoms with van der Waals surface area (Å²) < 4.78 is 0. The number of aromatic nitrogens is 1. The average molecular weight is 451 g/mol. The quantitative estimate of drug-likeness (QED) is 0.411. The van der Waals surface area contributed by atoms with Crippen molar-refractivity contribution in [2.24, 2.45) is 4.99 Å². The molecule has 0 radical (unpaired) electrons. The third-order valence-corrected chi connectivity index (χ3v) is 5.34. The topological polar surface area (TPSA) is 52.6 Å². The first-order chi connectivity index (χ1) is 10.6. The summed E-state index contributed by atoms with van der Waals surface area (Å²) in [6, 6.07) is 0.716. The standard InChI is InChI=1S/C16H29N5S.HI/c1-12-7-5-6-9-21(12)10-8-18-16(17-4)19-11-15-13(2)20-14(3)22-15;/h12H,5-11H2,1-4H3,(H2,17,18,19);1H. The van der Waals surface area contributed by atoms with Gasteiger partial charge in [0.25, 0.3) is 0 Å². The summed E-state index contributed by atoms with van der Waals surface area (Å²) in [4.78, 5) is 12.6. The van der Waals surface area contributed by atoms with Gasteiger partial charge in [-0.05, 0) is 40.2 Å². The van der Waals surface area contributed by atoms with Gasteiger partial charge in [-0.2, -0.15) is 0 Å². The second-order valence-electron chi connectivity index (χ2n) is 5.97. The molecule has 1 saturated heterocycles. The number of hydrogen-bond acceptors (Lipinski definition) is 4. The largest absolute Gasteiger partial charge is 0.355 e. The molecule has 2 heterocycles. The third kappa shape index (κ3) is 6.54. The molecule has 1 aromatic heterocycles. The van der Waals surface area contributed by atoms with Gasteiger partial charge in [0.05, 0.1) is 17.2 Å². The van der Waals surface area contributed by atoms with E-state index in [-0.39, 0.29) is 24.0 Å². The second kappa shape index (κ2) is 10.5. The van der Waals surface area contributed by atoms with Crippen LogP contribution in [0.2, 0.25) is 0 Å². The second-order valence-corrected chi connectivity index (χ2v) is 7.26. The lowest BCUT2D eigenvalue weighted by molar-refractivity contribution is 0.163. The number of nitrogens with zero attached hydrogens (tertiary/aromatic N) is 3. The maximum atomic E-state index is 4.46. The van der Waals surface area contributed by atoms with Crippen LogP contribution in [-0.2, 0) is 6.54 Å². The third-order valence-electron chi connectivity index (χ3n) is 4.27. The summed E-state index contributed by atoms with van der Waals surface area (Å²) >= 11 is 1.75. The van der Waals surface area contributed by atoms with Gasteiger partial charge in [-0.3, -0.25) is 9.89 Å². The monoisotopic (exact) mass is 451 g/mol. The fraction of sp³-hybridized carbons (Fsp3) is 0.750. The van der Waals surface area contributed by atoms with E-state index in [1.165, 1.54) is 30.7 Å². The van der Waals surface area contributed by atoms with Gasteiger partial charge in [0, 0.05) is 31.1 Å². The maximum Gasteiger partial charge on any atom is 0.191 e. The Morgan fingerprint density at radius 1 is 1.35 bits per heavy atom. The molecule has 23 heavy (non-hydrogen) atoms. The van der Waals surface area contributed by atoms with Gasteiger partial charge < -0.3 is 10.6 Å². The predicted molar refractivity (Wildman–Crippen MR) is 110 cm³/mol. The van der Waals surface area contributed by atoms with E-state index in [9.17, 15) is 0 Å². The Labute approximate surface area is 161 Å². The summed E-state index contributed by atoms with van der Waals surface area (Å²) in [6.45, 7) is 10.5. The first kappa shape index (κ1) is 20.6. The molecule has 1 unspecified atom stereocenters. The summed E-state index contributed by atoms with van der Waals surface area (Å²) in [5, 5.41) is 7.92. The van der Waals surface area contributed by atoms with Gasteiger partial charge in [0.15, 0.2) is 5.96 Å². The number of likely N-dealkylation sites (tertiary alicyclic amines) is 1. The van der Waals surface area contributed by atoms with E-state index in [4.69, 9.17) is 0 Å². The van der Waals surface area contributed by atoms with Crippen molar-refractivity contribution in [2.75, 3.05) is 26.7 Å². The molecule has 1 fully saturated rings. The molecule has 1 aliphatic heterocycles. The van der Waals surface area contributed by atoms with Gasteiger partial charge in [-0.1, -0.05) is 6.42 Å². The first-order valence-corrected chi connectivity index (χ1v) is 9.03. The lowest BCUT2D eigenvalue weighted by Gasteiger charge is -2.33. The van der Waals surface area contributed by atoms with E-state index in [1.54, 1.807) is 11.3 Å². The molecule has 0 bridgehead atoms. The van der Waals surface area contributed by atoms with Gasteiger partial charge in [-0.25, -0.2) is 4.98 Å². The summed E-state index contributed by atoms with van der Waals surface area (Å²) in [6.07, 6.45) is 4.04. The number of nitrogens with one attached hydrogen (secondary N) is 2. The van der Waals surface area contributed by atoms with E-state index in [0.717, 1.165) is 36.3 Å². The minimum atomic E-state index is 0. The highest BCUT2D eigenvalue weighted by atomic mass is 127. The van der Waals surface area contributed by atoms with Crippen LogP contribution in [0.15, 0.2) is 4.99 Å². The molecule has 1 aromatic rings. The molecule has 0 aromatic carbocycles. The number of rotatable bonds is 5. The van der Waals surface area contributed by atoms with Crippen molar-refractivity contribution in [2.45, 2.75) is 52.6 Å². The number of piperidine rings is 1. The van der Waals surface area contributed by atoms with Crippen molar-refractivity contribution in [3.63, 3.8) is 0 Å². The van der Waals surface area contributed by atoms with Crippen LogP contribution in [0.3, 0.4) is 0 Å². The number of aryl methyl sites for hydroxylation is 2. The highest BCUT2D eigenvalue weighted by Gasteiger charge is 2.17. The highest BCUT2D eigenvalue weighted by molar-refractivity contribution is 14.0. The first-order valence-electron chi connectivity index (χ1n) is 8.21. The molecule has 7 heteroatoms. The van der Waals surface area contributed by atoms with Gasteiger partial charge in [-0.15, -0.1) is 35.3 Å². The molecule has 5 nitrogen and oxygen atoms in total. The molecule has 1 atom stereocenters. The number of hydrogen-bond donors (Lipinski definition) is 2. The molecule has 2 rings (SSSR count). The maximum absolute atomic E-state index is 4.46. The number of aliphatic imine (C=N–C) groups is 1. The molecular weight excluding hydrogens is 421 g/mol. The highest BCUT2D eigenvalue weighted by Crippen LogP contribution is 2.16. The van der Waals surface area contributed by atoms with Crippen LogP contribution in [0.4, 0.5) is 0 Å². The fourth-order valence-electron chi connectivity index (χ4n) is 2.93. The van der Waals surface area contributed by atoms with Gasteiger partial charge >= 0.3 is 0 Å². The van der Waals surface area contributed by atoms with Crippen LogP contribution in [0.5, 0.6) is 0 Å². The van der Waals surface area contributed by atoms with Crippen LogP contribution in [0.25, 0.3) is 0 Å². The van der Waals surface area contributed by atoms with Crippen LogP contribution >= 0.6 is 35.3 Å². The summed E-state index contributed by atoms with van der Waals surface area (Å²) in [5.41, 5.74) is 1.12. The zero-order valence-corrected chi connectivity index (χ0v) is 17.8. The van der Waals surface area contributed by atoms with Crippen molar-refractivity contribution in [1.29, 1.82) is 0 Å². The molecular formula is C16H30IN5S. The van der Waals surface area contributed by atoms with Crippen LogP contribution in [-0.4, -0.2) is 48.6 Å². The van der Waals surface area contributed by atoms with Crippen molar-refractivity contribution in [3.8, 4) is 0 Å². The average Bonchev–Trinajstić information content (AvgIpc) is 2.82. The Hall–Kier alpha value is -0.410. The molecule has 2 N–H and O–H groups in total. The zero-order valence-electron chi connectivity index (χ0n) is 14.7. The Balaban J connectivity index is 0.00000264. The SMILES string of the molecule is CN=C(NCCN1CCCCC1C)NCc1sc(C)nc1C.I. The van der Waals surface area contributed by atoms with Crippen LogP contribution < -0.4 is 10.6 Å². The lowest BCUT2D eigenvalue weighted by atomic mass is 10.0. The van der Waals surface area contributed by atoms with E-state index in [0.29, 0.717) is 6.04 Å². The number of guanidine groups is 1. The van der Waals surface area contributed by atoms with Crippen LogP contribution in [0.1, 0.15) is 41.8 Å². The van der Waals surface area contributed by atoms with Crippen molar-refractivity contribution in [3.05, 3.63) is 15.6 Å². The van der Waals surface area contributed by atoms with E-state index in [1.807, 2.05) is 14.0 Å². The fourth-order valence-corrected chi connectivity index (χ4v) is 3.81. The Bertz CT molecular complexity index is 503. The van der Waals surface area contributed by atoms with E-state index in [2.05, 4.69) is 39.4 Å². The van der Waals surface area contributed by atoms with Crippen LogP contribution in [0, 0.1) is 13.8 Å². The minimum Gasteiger partial charge on any atom is -0.355 e. The van der Waals surface area contributed by atoms with E-state index < -0.39 is 0 Å². The van der Waals surface area contributed by atoms with Gasteiger partial charge in [0.2, 0.25) is 0 Å². The molecule has 1 aliphatic rings. The normalized spacial score (nSPS) is 19.3. The number of halogens is 1. The Kier molecular flexibility index (Phi) is 9.38. The van der Waals surface area contributed by atoms with E-state index >= 15 is 0 Å². The van der Waals surface area contributed by atoms with Crippen molar-refractivity contribution >= 4 is 41.3 Å². The lowest BCUT2D eigenvalue weighted by Crippen LogP contribution is -2.45. The summed E-state index contributed by atoms with van der Waals surface area (Å²) in [7, 11) is 1.82. The van der Waals surface area contributed by atoms with Gasteiger partial charge in [0.1, 0.15) is 0 Å². The molecule has 0 amide bonds. The summed E-state index contributed by atoms with van der Waals surface area (Å²) in [5.74, 6) is 0.870. The van der Waals surface area contributed by atoms with Crippen molar-refractivity contribution in [1.82, 2.24) is 20.5 Å². The smallest absolute Gasteiger partial charge is 0.191 e. The molecule has 132 valence electrons. The number of thiazole rings is 1. The molecule has 0 aliphatic carbocycles. The minimum absolute atomic E-state index is 0. The zero-order chi connectivity index (χ0) is 15.9. The Morgan fingerprint density at radius 2 is 2.13 bits per heavy atom. The molecule has 0 spiro atoms. The van der Waals surface area contributed by atoms with Crippen molar-refractivity contribution < 1.29 is 0 Å². The predicted octanol–water partition coefficient (Wildman–Crippen LogP) is 2.92.